The highest BCUT2D eigenvalue weighted by molar-refractivity contribution is 7.99. The highest BCUT2D eigenvalue weighted by atomic mass is 35.5. The summed E-state index contributed by atoms with van der Waals surface area (Å²) >= 11 is 3.47. The number of nitrogens with one attached hydrogen (secondary N) is 2. The van der Waals surface area contributed by atoms with Crippen LogP contribution < -0.4 is 10.6 Å². The van der Waals surface area contributed by atoms with E-state index in [1.165, 1.54) is 5.56 Å². The van der Waals surface area contributed by atoms with E-state index in [0.717, 1.165) is 24.6 Å². The average Bonchev–Trinajstić information content (AvgIpc) is 2.90. The molecule has 2 rings (SSSR count). The van der Waals surface area contributed by atoms with Gasteiger partial charge in [-0.15, -0.1) is 24.2 Å². The Morgan fingerprint density at radius 3 is 3.12 bits per heavy atom. The molecule has 1 aliphatic rings. The minimum atomic E-state index is 0. The molecule has 0 bridgehead atoms. The largest absolute Gasteiger partial charge is 0.354 e. The van der Waals surface area contributed by atoms with Gasteiger partial charge in [0.15, 0.2) is 0 Å². The first kappa shape index (κ1) is 13.8. The number of halogens is 1. The first-order valence-electron chi connectivity index (χ1n) is 4.96. The maximum atomic E-state index is 11.6. The van der Waals surface area contributed by atoms with Crippen LogP contribution in [0.25, 0.3) is 0 Å². The number of hydrogen-bond donors (Lipinski definition) is 2. The second kappa shape index (κ2) is 7.17. The van der Waals surface area contributed by atoms with E-state index < -0.39 is 0 Å². The van der Waals surface area contributed by atoms with Crippen LogP contribution in [0.2, 0.25) is 0 Å². The zero-order valence-corrected chi connectivity index (χ0v) is 11.2. The van der Waals surface area contributed by atoms with Gasteiger partial charge in [0.25, 0.3) is 0 Å². The second-order valence-corrected chi connectivity index (χ2v) is 5.25. The van der Waals surface area contributed by atoms with Crippen LogP contribution >= 0.6 is 35.5 Å². The molecule has 1 unspecified atom stereocenters. The third-order valence-corrected chi connectivity index (χ3v) is 4.00. The lowest BCUT2D eigenvalue weighted by Crippen LogP contribution is -2.42. The topological polar surface area (TPSA) is 41.1 Å². The van der Waals surface area contributed by atoms with Gasteiger partial charge in [-0.05, 0) is 28.8 Å². The molecular weight excluding hydrogens is 264 g/mol. The van der Waals surface area contributed by atoms with E-state index in [-0.39, 0.29) is 24.4 Å². The zero-order chi connectivity index (χ0) is 10.5. The summed E-state index contributed by atoms with van der Waals surface area (Å²) in [5, 5.41) is 10.3. The molecule has 1 aliphatic heterocycles. The molecule has 6 heteroatoms. The van der Waals surface area contributed by atoms with Crippen molar-refractivity contribution in [2.24, 2.45) is 0 Å². The Bertz CT molecular complexity index is 313. The number of carbonyl (C=O) groups is 1. The van der Waals surface area contributed by atoms with Crippen molar-refractivity contribution >= 4 is 41.4 Å². The van der Waals surface area contributed by atoms with Gasteiger partial charge in [0, 0.05) is 18.2 Å². The number of amides is 1. The Kier molecular flexibility index (Phi) is 6.20. The first-order valence-corrected chi connectivity index (χ1v) is 7.06. The Morgan fingerprint density at radius 2 is 2.50 bits per heavy atom. The fraction of sp³-hybridized carbons (Fsp3) is 0.500. The summed E-state index contributed by atoms with van der Waals surface area (Å²) in [6.45, 7) is 0.735. The van der Waals surface area contributed by atoms with Gasteiger partial charge < -0.3 is 5.32 Å². The molecule has 0 aromatic carbocycles. The number of thioether (sulfide) groups is 1. The fourth-order valence-corrected chi connectivity index (χ4v) is 3.10. The maximum absolute atomic E-state index is 11.6. The Hall–Kier alpha value is -0.230. The highest BCUT2D eigenvalue weighted by Crippen LogP contribution is 2.09. The molecule has 1 fully saturated rings. The predicted molar refractivity (Wildman–Crippen MR) is 72.5 cm³/mol. The van der Waals surface area contributed by atoms with E-state index in [1.54, 1.807) is 23.1 Å². The van der Waals surface area contributed by atoms with Crippen molar-refractivity contribution in [1.29, 1.82) is 0 Å². The minimum absolute atomic E-state index is 0. The molecule has 1 amide bonds. The molecule has 0 aliphatic carbocycles. The molecule has 0 saturated carbocycles. The molecule has 0 spiro atoms. The Labute approximate surface area is 110 Å². The van der Waals surface area contributed by atoms with Crippen LogP contribution in [0, 0.1) is 0 Å². The van der Waals surface area contributed by atoms with Gasteiger partial charge in [-0.2, -0.15) is 11.3 Å². The van der Waals surface area contributed by atoms with Gasteiger partial charge in [-0.25, -0.2) is 0 Å². The third-order valence-electron chi connectivity index (χ3n) is 2.33. The van der Waals surface area contributed by atoms with Crippen LogP contribution in [0.5, 0.6) is 0 Å². The van der Waals surface area contributed by atoms with Gasteiger partial charge in [0.2, 0.25) is 5.91 Å². The van der Waals surface area contributed by atoms with Gasteiger partial charge in [-0.1, -0.05) is 0 Å². The van der Waals surface area contributed by atoms with Gasteiger partial charge >= 0.3 is 0 Å². The standard InChI is InChI=1S/C10H14N2OS2.ClH/c13-10(9-6-15-7-12-9)11-3-1-8-2-4-14-5-8;/h2,4-5,9,12H,1,3,6-7H2,(H,11,13);1H. The summed E-state index contributed by atoms with van der Waals surface area (Å²) in [5.41, 5.74) is 1.30. The van der Waals surface area contributed by atoms with Gasteiger partial charge in [0.1, 0.15) is 0 Å². The number of thiophene rings is 1. The maximum Gasteiger partial charge on any atom is 0.238 e. The molecule has 1 atom stereocenters. The van der Waals surface area contributed by atoms with E-state index in [2.05, 4.69) is 27.5 Å². The summed E-state index contributed by atoms with van der Waals surface area (Å²) < 4.78 is 0. The van der Waals surface area contributed by atoms with Crippen molar-refractivity contribution in [3.05, 3.63) is 22.4 Å². The zero-order valence-electron chi connectivity index (χ0n) is 8.77. The number of hydrogen-bond acceptors (Lipinski definition) is 4. The highest BCUT2D eigenvalue weighted by Gasteiger charge is 2.21. The molecular formula is C10H15ClN2OS2. The van der Waals surface area contributed by atoms with Crippen LogP contribution in [0.15, 0.2) is 16.8 Å². The Morgan fingerprint density at radius 1 is 1.62 bits per heavy atom. The van der Waals surface area contributed by atoms with E-state index in [1.807, 2.05) is 0 Å². The average molecular weight is 279 g/mol. The van der Waals surface area contributed by atoms with Crippen molar-refractivity contribution in [1.82, 2.24) is 10.6 Å². The lowest BCUT2D eigenvalue weighted by molar-refractivity contribution is -0.122. The second-order valence-electron chi connectivity index (χ2n) is 3.44. The van der Waals surface area contributed by atoms with E-state index in [4.69, 9.17) is 0 Å². The van der Waals surface area contributed by atoms with Crippen molar-refractivity contribution in [3.63, 3.8) is 0 Å². The van der Waals surface area contributed by atoms with Crippen molar-refractivity contribution < 1.29 is 4.79 Å². The van der Waals surface area contributed by atoms with Crippen LogP contribution in [-0.4, -0.2) is 30.1 Å². The molecule has 1 saturated heterocycles. The lowest BCUT2D eigenvalue weighted by atomic mass is 10.2. The summed E-state index contributed by atoms with van der Waals surface area (Å²) in [6.07, 6.45) is 0.926. The smallest absolute Gasteiger partial charge is 0.238 e. The molecule has 90 valence electrons. The van der Waals surface area contributed by atoms with E-state index in [9.17, 15) is 4.79 Å². The van der Waals surface area contributed by atoms with Crippen LogP contribution in [0.3, 0.4) is 0 Å². The van der Waals surface area contributed by atoms with E-state index >= 15 is 0 Å². The summed E-state index contributed by atoms with van der Waals surface area (Å²) in [4.78, 5) is 11.6. The van der Waals surface area contributed by atoms with Gasteiger partial charge in [0.05, 0.1) is 6.04 Å². The van der Waals surface area contributed by atoms with Crippen molar-refractivity contribution in [3.8, 4) is 0 Å². The third kappa shape index (κ3) is 3.97. The predicted octanol–water partition coefficient (Wildman–Crippen LogP) is 1.49. The van der Waals surface area contributed by atoms with Crippen LogP contribution in [-0.2, 0) is 11.2 Å². The fourth-order valence-electron chi connectivity index (χ4n) is 1.45. The quantitative estimate of drug-likeness (QED) is 0.877. The summed E-state index contributed by atoms with van der Waals surface area (Å²) in [5.74, 6) is 1.92. The minimum Gasteiger partial charge on any atom is -0.354 e. The SMILES string of the molecule is Cl.O=C(NCCc1ccsc1)C1CSCN1. The molecule has 1 aromatic rings. The monoisotopic (exact) mass is 278 g/mol. The lowest BCUT2D eigenvalue weighted by Gasteiger charge is -2.09. The molecule has 3 nitrogen and oxygen atoms in total. The summed E-state index contributed by atoms with van der Waals surface area (Å²) in [6, 6.07) is 2.11. The van der Waals surface area contributed by atoms with E-state index in [0.29, 0.717) is 0 Å². The van der Waals surface area contributed by atoms with Crippen LogP contribution in [0.1, 0.15) is 5.56 Å². The first-order chi connectivity index (χ1) is 7.36. The normalized spacial score (nSPS) is 19.1. The van der Waals surface area contributed by atoms with Crippen LogP contribution in [0.4, 0.5) is 0 Å². The van der Waals surface area contributed by atoms with Crippen molar-refractivity contribution in [2.75, 3.05) is 18.2 Å². The van der Waals surface area contributed by atoms with Crippen molar-refractivity contribution in [2.45, 2.75) is 12.5 Å². The number of carbonyl (C=O) groups excluding carboxylic acids is 1. The molecule has 2 N–H and O–H groups in total. The Balaban J connectivity index is 0.00000128. The number of rotatable bonds is 4. The summed E-state index contributed by atoms with van der Waals surface area (Å²) in [7, 11) is 0. The molecule has 0 radical (unpaired) electrons. The van der Waals surface area contributed by atoms with Gasteiger partial charge in [-0.3, -0.25) is 10.1 Å². The molecule has 16 heavy (non-hydrogen) atoms. The molecule has 2 heterocycles. The molecule has 1 aromatic heterocycles.